The number of carbonyl (C=O) groups is 2. The first-order chi connectivity index (χ1) is 23.0. The van der Waals surface area contributed by atoms with Crippen LogP contribution in [0.15, 0.2) is 30.3 Å². The molecule has 0 unspecified atom stereocenters. The minimum Gasteiger partial charge on any atom is -0.492 e. The SMILES string of the molecule is Cc1c(C)c(OC(=O)[C@@H](Cc2ccccc2)NC(=O)OC(C)(C)C)c(C)c2c1C[C@](C)(CCC[C@H](C)CCC[C@H](C)CCCC(C)C)CO2. The van der Waals surface area contributed by atoms with E-state index in [2.05, 4.69) is 46.9 Å². The molecule has 1 amide bonds. The summed E-state index contributed by atoms with van der Waals surface area (Å²) in [6, 6.07) is 8.69. The quantitative estimate of drug-likeness (QED) is 0.133. The second kappa shape index (κ2) is 18.3. The summed E-state index contributed by atoms with van der Waals surface area (Å²) in [5.74, 6) is 3.22. The molecule has 0 spiro atoms. The number of hydrogen-bond donors (Lipinski definition) is 1. The number of nitrogens with one attached hydrogen (secondary N) is 1. The van der Waals surface area contributed by atoms with E-state index in [1.54, 1.807) is 20.8 Å². The molecule has 0 radical (unpaired) electrons. The van der Waals surface area contributed by atoms with Gasteiger partial charge in [0.1, 0.15) is 23.1 Å². The summed E-state index contributed by atoms with van der Waals surface area (Å²) in [5.41, 5.74) is 4.37. The summed E-state index contributed by atoms with van der Waals surface area (Å²) in [7, 11) is 0. The topological polar surface area (TPSA) is 73.9 Å². The van der Waals surface area contributed by atoms with Crippen LogP contribution in [-0.4, -0.2) is 30.3 Å². The van der Waals surface area contributed by atoms with Crippen LogP contribution in [0.5, 0.6) is 11.5 Å². The van der Waals surface area contributed by atoms with Crippen molar-refractivity contribution in [1.82, 2.24) is 5.32 Å². The summed E-state index contributed by atoms with van der Waals surface area (Å²) in [6.07, 6.45) is 12.3. The Morgan fingerprint density at radius 1 is 0.857 bits per heavy atom. The van der Waals surface area contributed by atoms with Gasteiger partial charge in [-0.2, -0.15) is 0 Å². The van der Waals surface area contributed by atoms with Crippen LogP contribution < -0.4 is 14.8 Å². The van der Waals surface area contributed by atoms with Gasteiger partial charge in [-0.3, -0.25) is 0 Å². The first-order valence-corrected chi connectivity index (χ1v) is 19.0. The lowest BCUT2D eigenvalue weighted by Gasteiger charge is -2.37. The van der Waals surface area contributed by atoms with E-state index in [4.69, 9.17) is 14.2 Å². The molecular weight excluding hydrogens is 610 g/mol. The van der Waals surface area contributed by atoms with Gasteiger partial charge in [0.15, 0.2) is 0 Å². The molecule has 4 atom stereocenters. The summed E-state index contributed by atoms with van der Waals surface area (Å²) >= 11 is 0. The Morgan fingerprint density at radius 2 is 1.45 bits per heavy atom. The number of alkyl carbamates (subject to hydrolysis) is 1. The summed E-state index contributed by atoms with van der Waals surface area (Å²) in [5, 5.41) is 2.76. The van der Waals surface area contributed by atoms with Gasteiger partial charge >= 0.3 is 12.1 Å². The Labute approximate surface area is 298 Å². The van der Waals surface area contributed by atoms with Crippen molar-refractivity contribution in [1.29, 1.82) is 0 Å². The van der Waals surface area contributed by atoms with Gasteiger partial charge in [-0.25, -0.2) is 9.59 Å². The van der Waals surface area contributed by atoms with Crippen molar-refractivity contribution < 1.29 is 23.8 Å². The standard InChI is InChI=1S/C43H67NO5/c1-29(2)18-15-19-30(3)20-16-21-31(4)22-17-25-43(11)27-36-32(5)33(6)38(34(7)39(36)47-28-43)48-40(45)37(26-35-23-13-12-14-24-35)44-41(46)49-42(8,9)10/h12-14,23-24,29-31,37H,15-22,25-28H2,1-11H3,(H,44,46)/t30-,31-,37-,43+/m1/s1. The fraction of sp³-hybridized carbons (Fsp3) is 0.674. The van der Waals surface area contributed by atoms with Crippen molar-refractivity contribution in [2.24, 2.45) is 23.2 Å². The summed E-state index contributed by atoms with van der Waals surface area (Å²) in [4.78, 5) is 26.4. The first kappa shape index (κ1) is 40.4. The van der Waals surface area contributed by atoms with E-state index in [-0.39, 0.29) is 11.8 Å². The third-order valence-electron chi connectivity index (χ3n) is 10.3. The van der Waals surface area contributed by atoms with Crippen LogP contribution in [0.25, 0.3) is 0 Å². The van der Waals surface area contributed by atoms with Crippen LogP contribution in [0, 0.1) is 43.9 Å². The van der Waals surface area contributed by atoms with Crippen molar-refractivity contribution in [2.45, 2.75) is 158 Å². The molecule has 3 rings (SSSR count). The number of ether oxygens (including phenoxy) is 3. The molecule has 1 aliphatic rings. The number of hydrogen-bond acceptors (Lipinski definition) is 5. The number of benzene rings is 2. The van der Waals surface area contributed by atoms with Gasteiger partial charge in [-0.1, -0.05) is 116 Å². The molecule has 1 heterocycles. The highest BCUT2D eigenvalue weighted by Gasteiger charge is 2.35. The van der Waals surface area contributed by atoms with Gasteiger partial charge in [0.05, 0.1) is 6.61 Å². The van der Waals surface area contributed by atoms with E-state index in [0.717, 1.165) is 58.6 Å². The van der Waals surface area contributed by atoms with Crippen LogP contribution in [0.4, 0.5) is 4.79 Å². The lowest BCUT2D eigenvalue weighted by atomic mass is 9.75. The van der Waals surface area contributed by atoms with Crippen LogP contribution in [0.2, 0.25) is 0 Å². The monoisotopic (exact) mass is 678 g/mol. The molecular formula is C43H67NO5. The molecule has 0 aromatic heterocycles. The van der Waals surface area contributed by atoms with Gasteiger partial charge in [0.2, 0.25) is 0 Å². The van der Waals surface area contributed by atoms with Crippen molar-refractivity contribution >= 4 is 12.1 Å². The average molecular weight is 678 g/mol. The molecule has 49 heavy (non-hydrogen) atoms. The maximum atomic E-state index is 13.7. The van der Waals surface area contributed by atoms with Gasteiger partial charge < -0.3 is 19.5 Å². The van der Waals surface area contributed by atoms with Gasteiger partial charge in [0.25, 0.3) is 0 Å². The van der Waals surface area contributed by atoms with E-state index in [9.17, 15) is 9.59 Å². The van der Waals surface area contributed by atoms with Crippen LogP contribution in [0.3, 0.4) is 0 Å². The Hall–Kier alpha value is -3.02. The number of carbonyl (C=O) groups excluding carboxylic acids is 2. The Kier molecular flexibility index (Phi) is 15.1. The molecule has 1 aliphatic heterocycles. The smallest absolute Gasteiger partial charge is 0.408 e. The largest absolute Gasteiger partial charge is 0.492 e. The van der Waals surface area contributed by atoms with Gasteiger partial charge in [-0.15, -0.1) is 0 Å². The predicted octanol–water partition coefficient (Wildman–Crippen LogP) is 11.0. The molecule has 1 N–H and O–H groups in total. The first-order valence-electron chi connectivity index (χ1n) is 19.0. The molecule has 274 valence electrons. The van der Waals surface area contributed by atoms with Crippen molar-refractivity contribution in [3.8, 4) is 11.5 Å². The fourth-order valence-corrected chi connectivity index (χ4v) is 7.14. The third-order valence-corrected chi connectivity index (χ3v) is 10.3. The van der Waals surface area contributed by atoms with Crippen molar-refractivity contribution in [2.75, 3.05) is 6.61 Å². The zero-order valence-electron chi connectivity index (χ0n) is 32.7. The highest BCUT2D eigenvalue weighted by atomic mass is 16.6. The molecule has 2 aromatic rings. The molecule has 0 saturated carbocycles. The van der Waals surface area contributed by atoms with E-state index in [1.165, 1.54) is 56.9 Å². The van der Waals surface area contributed by atoms with E-state index in [1.807, 2.05) is 44.2 Å². The zero-order valence-corrected chi connectivity index (χ0v) is 32.7. The Balaban J connectivity index is 1.62. The molecule has 0 bridgehead atoms. The van der Waals surface area contributed by atoms with Crippen molar-refractivity contribution in [3.63, 3.8) is 0 Å². The zero-order chi connectivity index (χ0) is 36.4. The molecule has 6 heteroatoms. The normalized spacial score (nSPS) is 17.9. The molecule has 0 aliphatic carbocycles. The highest BCUT2D eigenvalue weighted by Crippen LogP contribution is 2.46. The van der Waals surface area contributed by atoms with E-state index < -0.39 is 23.7 Å². The van der Waals surface area contributed by atoms with E-state index >= 15 is 0 Å². The molecule has 0 saturated heterocycles. The van der Waals surface area contributed by atoms with Crippen LogP contribution >= 0.6 is 0 Å². The number of esters is 1. The number of rotatable bonds is 17. The van der Waals surface area contributed by atoms with Crippen molar-refractivity contribution in [3.05, 3.63) is 58.1 Å². The maximum absolute atomic E-state index is 13.7. The average Bonchev–Trinajstić information content (AvgIpc) is 3.01. The highest BCUT2D eigenvalue weighted by molar-refractivity contribution is 5.84. The Bertz CT molecular complexity index is 1360. The second-order valence-corrected chi connectivity index (χ2v) is 17.0. The molecule has 0 fully saturated rings. The van der Waals surface area contributed by atoms with Crippen LogP contribution in [0.1, 0.15) is 141 Å². The number of fused-ring (bicyclic) bond motifs is 1. The van der Waals surface area contributed by atoms with Crippen LogP contribution in [-0.2, 0) is 22.4 Å². The Morgan fingerprint density at radius 3 is 2.04 bits per heavy atom. The predicted molar refractivity (Wildman–Crippen MR) is 202 cm³/mol. The third kappa shape index (κ3) is 13.0. The minimum atomic E-state index is -0.919. The maximum Gasteiger partial charge on any atom is 0.408 e. The van der Waals surface area contributed by atoms with Gasteiger partial charge in [0, 0.05) is 17.4 Å². The lowest BCUT2D eigenvalue weighted by Crippen LogP contribution is -2.46. The summed E-state index contributed by atoms with van der Waals surface area (Å²) in [6.45, 7) is 24.0. The molecule has 2 aromatic carbocycles. The van der Waals surface area contributed by atoms with Gasteiger partial charge in [-0.05, 0) is 94.4 Å². The summed E-state index contributed by atoms with van der Waals surface area (Å²) < 4.78 is 18.1. The minimum absolute atomic E-state index is 0.0671. The second-order valence-electron chi connectivity index (χ2n) is 17.0. The molecule has 6 nitrogen and oxygen atoms in total. The fourth-order valence-electron chi connectivity index (χ4n) is 7.14. The number of amides is 1. The lowest BCUT2D eigenvalue weighted by molar-refractivity contribution is -0.136. The van der Waals surface area contributed by atoms with E-state index in [0.29, 0.717) is 12.4 Å².